The highest BCUT2D eigenvalue weighted by Gasteiger charge is 2.15. The molecule has 0 bridgehead atoms. The summed E-state index contributed by atoms with van der Waals surface area (Å²) in [4.78, 5) is 0. The van der Waals surface area contributed by atoms with E-state index in [9.17, 15) is 5.11 Å². The minimum absolute atomic E-state index is 0.244. The molecule has 0 amide bonds. The molecule has 1 aromatic heterocycles. The molecule has 0 aliphatic rings. The fourth-order valence-electron chi connectivity index (χ4n) is 3.86. The fraction of sp³-hybridized carbons (Fsp3) is 0.185. The standard InChI is InChI=1S/C27H26ClNO3/c1-3-24(20-8-13-25-21(16-20)17-26(28)32-25)27(18-4-9-22(30)10-5-18)19-6-11-23(12-7-19)31-15-14-29-2/h4-13,16-17,29-30H,3,14-15H2,1-2H3/b27-24+. The normalized spacial score (nSPS) is 12.1. The van der Waals surface area contributed by atoms with Crippen LogP contribution in [0.5, 0.6) is 11.5 Å². The lowest BCUT2D eigenvalue weighted by Crippen LogP contribution is -2.15. The van der Waals surface area contributed by atoms with Crippen LogP contribution in [0, 0.1) is 0 Å². The lowest BCUT2D eigenvalue weighted by molar-refractivity contribution is 0.318. The number of aromatic hydroxyl groups is 1. The summed E-state index contributed by atoms with van der Waals surface area (Å²) in [6, 6.07) is 23.5. The third-order valence-electron chi connectivity index (χ3n) is 5.41. The van der Waals surface area contributed by atoms with Gasteiger partial charge in [0.25, 0.3) is 0 Å². The van der Waals surface area contributed by atoms with E-state index in [1.165, 1.54) is 5.57 Å². The number of hydrogen-bond acceptors (Lipinski definition) is 4. The van der Waals surface area contributed by atoms with Crippen molar-refractivity contribution in [2.24, 2.45) is 0 Å². The lowest BCUT2D eigenvalue weighted by atomic mass is 9.88. The molecule has 0 spiro atoms. The van der Waals surface area contributed by atoms with E-state index in [1.54, 1.807) is 12.1 Å². The molecule has 0 saturated heterocycles. The summed E-state index contributed by atoms with van der Waals surface area (Å²) in [5, 5.41) is 14.3. The SMILES string of the molecule is CC/C(=C(/c1ccc(O)cc1)c1ccc(OCCNC)cc1)c1ccc2oc(Cl)cc2c1. The number of phenolic OH excluding ortho intramolecular Hbond substituents is 1. The van der Waals surface area contributed by atoms with Gasteiger partial charge in [0.15, 0.2) is 5.22 Å². The van der Waals surface area contributed by atoms with Crippen LogP contribution in [0.25, 0.3) is 22.1 Å². The molecule has 4 nitrogen and oxygen atoms in total. The number of halogens is 1. The second-order valence-corrected chi connectivity index (χ2v) is 7.91. The molecule has 0 fully saturated rings. The monoisotopic (exact) mass is 447 g/mol. The van der Waals surface area contributed by atoms with E-state index in [2.05, 4.69) is 36.5 Å². The van der Waals surface area contributed by atoms with E-state index >= 15 is 0 Å². The van der Waals surface area contributed by atoms with Gasteiger partial charge in [-0.05, 0) is 89.3 Å². The van der Waals surface area contributed by atoms with Gasteiger partial charge >= 0.3 is 0 Å². The number of rotatable bonds is 8. The summed E-state index contributed by atoms with van der Waals surface area (Å²) in [6.45, 7) is 3.56. The average molecular weight is 448 g/mol. The van der Waals surface area contributed by atoms with Crippen molar-refractivity contribution in [3.63, 3.8) is 0 Å². The van der Waals surface area contributed by atoms with Crippen LogP contribution < -0.4 is 10.1 Å². The topological polar surface area (TPSA) is 54.6 Å². The number of fused-ring (bicyclic) bond motifs is 1. The number of phenols is 1. The Balaban J connectivity index is 1.83. The number of allylic oxidation sites excluding steroid dienone is 1. The Bertz CT molecular complexity index is 1220. The van der Waals surface area contributed by atoms with Crippen LogP contribution >= 0.6 is 11.6 Å². The van der Waals surface area contributed by atoms with Crippen LogP contribution in [0.4, 0.5) is 0 Å². The molecule has 0 atom stereocenters. The maximum absolute atomic E-state index is 9.82. The summed E-state index contributed by atoms with van der Waals surface area (Å²) in [7, 11) is 1.91. The van der Waals surface area contributed by atoms with Gasteiger partial charge in [-0.15, -0.1) is 0 Å². The van der Waals surface area contributed by atoms with Crippen LogP contribution in [-0.2, 0) is 0 Å². The van der Waals surface area contributed by atoms with Crippen molar-refractivity contribution >= 4 is 33.7 Å². The van der Waals surface area contributed by atoms with E-state index in [1.807, 2.05) is 43.4 Å². The van der Waals surface area contributed by atoms with Gasteiger partial charge in [0.1, 0.15) is 23.7 Å². The molecule has 32 heavy (non-hydrogen) atoms. The average Bonchev–Trinajstić information content (AvgIpc) is 3.18. The van der Waals surface area contributed by atoms with Gasteiger partial charge in [-0.2, -0.15) is 0 Å². The van der Waals surface area contributed by atoms with Crippen molar-refractivity contribution in [1.82, 2.24) is 5.32 Å². The predicted molar refractivity (Wildman–Crippen MR) is 131 cm³/mol. The number of hydrogen-bond donors (Lipinski definition) is 2. The van der Waals surface area contributed by atoms with Crippen molar-refractivity contribution in [2.75, 3.05) is 20.2 Å². The zero-order chi connectivity index (χ0) is 22.5. The maximum Gasteiger partial charge on any atom is 0.194 e. The van der Waals surface area contributed by atoms with E-state index in [4.69, 9.17) is 20.8 Å². The molecular formula is C27H26ClNO3. The first-order valence-corrected chi connectivity index (χ1v) is 11.1. The van der Waals surface area contributed by atoms with Crippen LogP contribution in [0.3, 0.4) is 0 Å². The lowest BCUT2D eigenvalue weighted by Gasteiger charge is -2.17. The Morgan fingerprint density at radius 3 is 2.25 bits per heavy atom. The van der Waals surface area contributed by atoms with Crippen molar-refractivity contribution in [3.8, 4) is 11.5 Å². The van der Waals surface area contributed by atoms with Crippen LogP contribution in [0.1, 0.15) is 30.0 Å². The Morgan fingerprint density at radius 2 is 1.59 bits per heavy atom. The molecule has 0 saturated carbocycles. The molecule has 4 rings (SSSR count). The van der Waals surface area contributed by atoms with E-state index in [-0.39, 0.29) is 5.75 Å². The van der Waals surface area contributed by atoms with Gasteiger partial charge in [0, 0.05) is 18.0 Å². The van der Waals surface area contributed by atoms with Crippen molar-refractivity contribution in [1.29, 1.82) is 0 Å². The number of furan rings is 1. The Morgan fingerprint density at radius 1 is 0.938 bits per heavy atom. The Labute approximate surface area is 193 Å². The highest BCUT2D eigenvalue weighted by molar-refractivity contribution is 6.29. The Hall–Kier alpha value is -3.21. The zero-order valence-electron chi connectivity index (χ0n) is 18.2. The molecule has 5 heteroatoms. The maximum atomic E-state index is 9.82. The molecule has 0 radical (unpaired) electrons. The van der Waals surface area contributed by atoms with Gasteiger partial charge in [0.2, 0.25) is 0 Å². The van der Waals surface area contributed by atoms with Gasteiger partial charge in [0.05, 0.1) is 0 Å². The highest BCUT2D eigenvalue weighted by Crippen LogP contribution is 2.37. The molecule has 0 aliphatic carbocycles. The number of likely N-dealkylation sites (N-methyl/N-ethyl adjacent to an activating group) is 1. The number of nitrogens with one attached hydrogen (secondary N) is 1. The molecule has 0 unspecified atom stereocenters. The summed E-state index contributed by atoms with van der Waals surface area (Å²) < 4.78 is 11.3. The third-order valence-corrected chi connectivity index (χ3v) is 5.60. The second kappa shape index (κ2) is 9.94. The van der Waals surface area contributed by atoms with Crippen molar-refractivity contribution in [2.45, 2.75) is 13.3 Å². The van der Waals surface area contributed by atoms with E-state index in [0.717, 1.165) is 51.9 Å². The van der Waals surface area contributed by atoms with Gasteiger partial charge < -0.3 is 19.6 Å². The van der Waals surface area contributed by atoms with Gasteiger partial charge in [-0.1, -0.05) is 37.3 Å². The molecule has 4 aromatic rings. The molecule has 1 heterocycles. The van der Waals surface area contributed by atoms with Crippen molar-refractivity contribution in [3.05, 3.63) is 94.7 Å². The largest absolute Gasteiger partial charge is 0.508 e. The summed E-state index contributed by atoms with van der Waals surface area (Å²) in [6.07, 6.45) is 0.827. The molecule has 164 valence electrons. The van der Waals surface area contributed by atoms with Crippen LogP contribution in [-0.4, -0.2) is 25.3 Å². The molecule has 0 aliphatic heterocycles. The highest BCUT2D eigenvalue weighted by atomic mass is 35.5. The first-order chi connectivity index (χ1) is 15.6. The number of benzene rings is 3. The summed E-state index contributed by atoms with van der Waals surface area (Å²) in [5.41, 5.74) is 6.30. The Kier molecular flexibility index (Phi) is 6.84. The summed E-state index contributed by atoms with van der Waals surface area (Å²) in [5.74, 6) is 1.08. The third kappa shape index (κ3) is 4.82. The van der Waals surface area contributed by atoms with E-state index < -0.39 is 0 Å². The van der Waals surface area contributed by atoms with Crippen LogP contribution in [0.15, 0.2) is 77.2 Å². The molecular weight excluding hydrogens is 422 g/mol. The first-order valence-electron chi connectivity index (χ1n) is 10.7. The van der Waals surface area contributed by atoms with Gasteiger partial charge in [-0.3, -0.25) is 0 Å². The zero-order valence-corrected chi connectivity index (χ0v) is 18.9. The van der Waals surface area contributed by atoms with Crippen LogP contribution in [0.2, 0.25) is 5.22 Å². The second-order valence-electron chi connectivity index (χ2n) is 7.53. The number of ether oxygens (including phenoxy) is 1. The van der Waals surface area contributed by atoms with Gasteiger partial charge in [-0.25, -0.2) is 0 Å². The van der Waals surface area contributed by atoms with E-state index in [0.29, 0.717) is 11.8 Å². The molecule has 2 N–H and O–H groups in total. The first kappa shape index (κ1) is 22.0. The fourth-order valence-corrected chi connectivity index (χ4v) is 4.06. The quantitative estimate of drug-likeness (QED) is 0.231. The van der Waals surface area contributed by atoms with Crippen molar-refractivity contribution < 1.29 is 14.3 Å². The minimum Gasteiger partial charge on any atom is -0.508 e. The molecule has 3 aromatic carbocycles. The summed E-state index contributed by atoms with van der Waals surface area (Å²) >= 11 is 6.06. The predicted octanol–water partition coefficient (Wildman–Crippen LogP) is 6.76. The minimum atomic E-state index is 0.244. The smallest absolute Gasteiger partial charge is 0.194 e.